The van der Waals surface area contributed by atoms with Crippen LogP contribution in [0.5, 0.6) is 0 Å². The normalized spacial score (nSPS) is 35.8. The lowest BCUT2D eigenvalue weighted by molar-refractivity contribution is -0.286. The number of hydrogen-bond acceptors (Lipinski definition) is 9. The fourth-order valence-corrected chi connectivity index (χ4v) is 2.22. The highest BCUT2D eigenvalue weighted by molar-refractivity contribution is 7.80. The molecule has 6 atom stereocenters. The van der Waals surface area contributed by atoms with E-state index in [1.165, 1.54) is 6.92 Å². The van der Waals surface area contributed by atoms with Crippen LogP contribution in [0.2, 0.25) is 0 Å². The molecule has 0 bridgehead atoms. The fraction of sp³-hybridized carbons (Fsp3) is 0.818. The van der Waals surface area contributed by atoms with Crippen molar-refractivity contribution in [3.63, 3.8) is 0 Å². The number of thiocarbonyl (C=S) groups is 1. The number of aliphatic hydroxyl groups is 4. The molecule has 21 heavy (non-hydrogen) atoms. The van der Waals surface area contributed by atoms with Gasteiger partial charge in [-0.05, 0) is 12.2 Å². The molecule has 9 nitrogen and oxygen atoms in total. The smallest absolute Gasteiger partial charge is 0.377 e. The van der Waals surface area contributed by atoms with E-state index in [-0.39, 0.29) is 5.05 Å². The van der Waals surface area contributed by atoms with E-state index in [1.807, 2.05) is 0 Å². The van der Waals surface area contributed by atoms with Gasteiger partial charge in [0.25, 0.3) is 0 Å². The predicted octanol–water partition coefficient (Wildman–Crippen LogP) is -2.68. The Morgan fingerprint density at radius 3 is 2.57 bits per heavy atom. The number of carboxylic acid groups (broad SMARTS) is 1. The Kier molecular flexibility index (Phi) is 5.99. The molecule has 0 aromatic carbocycles. The number of aliphatic carboxylic acids is 1. The van der Waals surface area contributed by atoms with Gasteiger partial charge in [-0.2, -0.15) is 0 Å². The molecule has 0 amide bonds. The van der Waals surface area contributed by atoms with Crippen molar-refractivity contribution in [2.45, 2.75) is 49.6 Å². The highest BCUT2D eigenvalue weighted by atomic mass is 32.1. The quantitative estimate of drug-likeness (QED) is 0.294. The maximum Gasteiger partial charge on any atom is 0.377 e. The van der Waals surface area contributed by atoms with E-state index in [4.69, 9.17) is 20.3 Å². The summed E-state index contributed by atoms with van der Waals surface area (Å²) in [6.07, 6.45) is -6.69. The Hall–Kier alpha value is -0.880. The summed E-state index contributed by atoms with van der Waals surface area (Å²) in [5.41, 5.74) is 5.66. The molecule has 0 unspecified atom stereocenters. The van der Waals surface area contributed by atoms with Gasteiger partial charge in [0.15, 0.2) is 5.05 Å². The van der Waals surface area contributed by atoms with Crippen LogP contribution in [0.1, 0.15) is 13.3 Å². The van der Waals surface area contributed by atoms with Gasteiger partial charge in [0, 0.05) is 6.92 Å². The first-order valence-corrected chi connectivity index (χ1v) is 6.57. The molecule has 1 rings (SSSR count). The second-order valence-corrected chi connectivity index (χ2v) is 5.40. The highest BCUT2D eigenvalue weighted by Gasteiger charge is 2.55. The first kappa shape index (κ1) is 18.2. The Morgan fingerprint density at radius 2 is 2.14 bits per heavy atom. The number of nitrogens with two attached hydrogens (primary N) is 1. The summed E-state index contributed by atoms with van der Waals surface area (Å²) in [6.45, 7) is 0.523. The maximum atomic E-state index is 11.4. The number of hydrogen-bond donors (Lipinski definition) is 6. The van der Waals surface area contributed by atoms with Crippen LogP contribution in [0.15, 0.2) is 0 Å². The summed E-state index contributed by atoms with van der Waals surface area (Å²) in [7, 11) is 0. The van der Waals surface area contributed by atoms with Gasteiger partial charge < -0.3 is 40.7 Å². The van der Waals surface area contributed by atoms with E-state index in [2.05, 4.69) is 12.2 Å². The molecule has 10 heteroatoms. The van der Waals surface area contributed by atoms with Gasteiger partial charge in [0.1, 0.15) is 18.3 Å². The predicted molar refractivity (Wildman–Crippen MR) is 72.3 cm³/mol. The average molecular weight is 325 g/mol. The van der Waals surface area contributed by atoms with E-state index in [0.29, 0.717) is 0 Å². The van der Waals surface area contributed by atoms with Crippen LogP contribution in [-0.2, 0) is 14.3 Å². The molecule has 0 aromatic heterocycles. The van der Waals surface area contributed by atoms with Gasteiger partial charge in [-0.15, -0.1) is 0 Å². The minimum atomic E-state index is -2.32. The molecule has 7 N–H and O–H groups in total. The van der Waals surface area contributed by atoms with Crippen molar-refractivity contribution in [3.8, 4) is 0 Å². The number of rotatable bonds is 5. The van der Waals surface area contributed by atoms with Crippen molar-refractivity contribution >= 4 is 23.2 Å². The van der Waals surface area contributed by atoms with Gasteiger partial charge in [-0.1, -0.05) is 0 Å². The van der Waals surface area contributed by atoms with Crippen LogP contribution in [0.25, 0.3) is 0 Å². The van der Waals surface area contributed by atoms with Gasteiger partial charge in [0.2, 0.25) is 0 Å². The fourth-order valence-electron chi connectivity index (χ4n) is 2.08. The van der Waals surface area contributed by atoms with Gasteiger partial charge in [0.05, 0.1) is 25.2 Å². The molecule has 0 spiro atoms. The van der Waals surface area contributed by atoms with Crippen molar-refractivity contribution in [3.05, 3.63) is 0 Å². The lowest BCUT2D eigenvalue weighted by atomic mass is 9.89. The number of ether oxygens (including phenoxy) is 2. The first-order valence-electron chi connectivity index (χ1n) is 6.16. The van der Waals surface area contributed by atoms with Crippen molar-refractivity contribution in [1.29, 1.82) is 0 Å². The van der Waals surface area contributed by atoms with Crippen LogP contribution in [0, 0.1) is 0 Å². The molecule has 1 saturated heterocycles. The number of carbonyl (C=O) groups is 1. The molecule has 1 aliphatic rings. The molecule has 0 saturated carbocycles. The molecular weight excluding hydrogens is 306 g/mol. The first-order chi connectivity index (χ1) is 9.64. The zero-order chi connectivity index (χ0) is 16.4. The van der Waals surface area contributed by atoms with Crippen LogP contribution in [0.3, 0.4) is 0 Å². The molecule has 1 aliphatic heterocycles. The summed E-state index contributed by atoms with van der Waals surface area (Å²) in [5, 5.41) is 47.2. The van der Waals surface area contributed by atoms with Crippen molar-refractivity contribution in [1.82, 2.24) is 0 Å². The van der Waals surface area contributed by atoms with E-state index in [1.54, 1.807) is 0 Å². The molecule has 0 aliphatic carbocycles. The largest absolute Gasteiger partial charge is 0.476 e. The monoisotopic (exact) mass is 325 g/mol. The molecule has 1 heterocycles. The zero-order valence-corrected chi connectivity index (χ0v) is 12.1. The van der Waals surface area contributed by atoms with Gasteiger partial charge in [-0.25, -0.2) is 4.79 Å². The second-order valence-electron chi connectivity index (χ2n) is 4.82. The SMILES string of the molecule is CC(=S)O[C@@]1(C(=O)O)C[C@H](O)[C@@H](N)[C@H]([C@H](O)[C@H](O)CO)O1. The van der Waals surface area contributed by atoms with Crippen LogP contribution in [0.4, 0.5) is 0 Å². The highest BCUT2D eigenvalue weighted by Crippen LogP contribution is 2.32. The minimum absolute atomic E-state index is 0.143. The third-order valence-electron chi connectivity index (χ3n) is 3.18. The molecule has 0 radical (unpaired) electrons. The molecule has 122 valence electrons. The summed E-state index contributed by atoms with van der Waals surface area (Å²) in [6, 6.07) is -1.18. The van der Waals surface area contributed by atoms with E-state index < -0.39 is 55.2 Å². The van der Waals surface area contributed by atoms with Gasteiger partial charge >= 0.3 is 11.8 Å². The molecule has 0 aromatic rings. The van der Waals surface area contributed by atoms with Gasteiger partial charge in [-0.3, -0.25) is 0 Å². The summed E-state index contributed by atoms with van der Waals surface area (Å²) in [4.78, 5) is 11.4. The second kappa shape index (κ2) is 6.92. The minimum Gasteiger partial charge on any atom is -0.476 e. The van der Waals surface area contributed by atoms with Crippen molar-refractivity contribution in [2.75, 3.05) is 6.61 Å². The van der Waals surface area contributed by atoms with E-state index in [0.717, 1.165) is 0 Å². The maximum absolute atomic E-state index is 11.4. The van der Waals surface area contributed by atoms with Crippen molar-refractivity contribution < 1.29 is 39.8 Å². The Bertz CT molecular complexity index is 408. The van der Waals surface area contributed by atoms with Crippen LogP contribution in [-0.4, -0.2) is 79.4 Å². The average Bonchev–Trinajstić information content (AvgIpc) is 2.40. The van der Waals surface area contributed by atoms with Crippen molar-refractivity contribution in [2.24, 2.45) is 5.73 Å². The summed E-state index contributed by atoms with van der Waals surface area (Å²) >= 11 is 4.68. The van der Waals surface area contributed by atoms with Crippen LogP contribution >= 0.6 is 12.2 Å². The third kappa shape index (κ3) is 3.86. The van der Waals surface area contributed by atoms with E-state index >= 15 is 0 Å². The standard InChI is InChI=1S/C11H19NO8S/c1-4(21)19-11(10(17)18)2-5(14)7(12)9(20-11)8(16)6(15)3-13/h5-9,13-16H,2-3,12H2,1H3,(H,17,18)/t5-,6+,7+,8+,9+,11-/m0/s1. The summed E-state index contributed by atoms with van der Waals surface area (Å²) < 4.78 is 10.2. The van der Waals surface area contributed by atoms with Crippen LogP contribution < -0.4 is 5.73 Å². The topological polar surface area (TPSA) is 163 Å². The Labute approximate surface area is 125 Å². The molecule has 1 fully saturated rings. The lowest BCUT2D eigenvalue weighted by Crippen LogP contribution is -2.66. The third-order valence-corrected chi connectivity index (χ3v) is 3.26. The van der Waals surface area contributed by atoms with E-state index in [9.17, 15) is 25.2 Å². The summed E-state index contributed by atoms with van der Waals surface area (Å²) in [5.74, 6) is -3.88. The molecular formula is C11H19NO8S. The zero-order valence-electron chi connectivity index (χ0n) is 11.2. The number of aliphatic hydroxyl groups excluding tert-OH is 4. The Morgan fingerprint density at radius 1 is 1.57 bits per heavy atom. The Balaban J connectivity index is 3.09. The number of carboxylic acids is 1. The lowest BCUT2D eigenvalue weighted by Gasteiger charge is -2.44.